The number of benzene rings is 2. The Morgan fingerprint density at radius 1 is 0.964 bits per heavy atom. The lowest BCUT2D eigenvalue weighted by Crippen LogP contribution is -2.12. The normalized spacial score (nSPS) is 10.4. The minimum Gasteiger partial charge on any atom is -0.496 e. The predicted molar refractivity (Wildman–Crippen MR) is 116 cm³/mol. The van der Waals surface area contributed by atoms with E-state index in [0.29, 0.717) is 6.54 Å². The zero-order chi connectivity index (χ0) is 19.8. The van der Waals surface area contributed by atoms with Gasteiger partial charge in [0.15, 0.2) is 0 Å². The van der Waals surface area contributed by atoms with Crippen molar-refractivity contribution in [2.45, 2.75) is 4.90 Å². The van der Waals surface area contributed by atoms with Crippen LogP contribution in [0.3, 0.4) is 0 Å². The van der Waals surface area contributed by atoms with Crippen LogP contribution in [-0.2, 0) is 0 Å². The van der Waals surface area contributed by atoms with Gasteiger partial charge in [-0.1, -0.05) is 12.1 Å². The number of methoxy groups -OCH3 is 2. The maximum atomic E-state index is 5.55. The third-order valence-corrected chi connectivity index (χ3v) is 4.94. The van der Waals surface area contributed by atoms with Crippen molar-refractivity contribution in [3.05, 3.63) is 60.9 Å². The van der Waals surface area contributed by atoms with Crippen molar-refractivity contribution < 1.29 is 9.47 Å². The fraction of sp³-hybridized carbons (Fsp3) is 0.190. The number of nitrogens with zero attached hydrogens (tertiary/aromatic N) is 1. The second kappa shape index (κ2) is 9.87. The van der Waals surface area contributed by atoms with E-state index in [1.807, 2.05) is 48.7 Å². The lowest BCUT2D eigenvalue weighted by atomic mass is 10.1. The van der Waals surface area contributed by atoms with Crippen LogP contribution in [0.1, 0.15) is 0 Å². The summed E-state index contributed by atoms with van der Waals surface area (Å²) in [4.78, 5) is 5.21. The van der Waals surface area contributed by atoms with E-state index in [9.17, 15) is 0 Å². The molecule has 6 nitrogen and oxygen atoms in total. The monoisotopic (exact) mass is 396 g/mol. The van der Waals surface area contributed by atoms with Gasteiger partial charge in [0.05, 0.1) is 25.3 Å². The molecule has 0 aliphatic heterocycles. The van der Waals surface area contributed by atoms with Gasteiger partial charge >= 0.3 is 0 Å². The molecule has 7 heteroatoms. The summed E-state index contributed by atoms with van der Waals surface area (Å²) in [6.07, 6.45) is 3.51. The summed E-state index contributed by atoms with van der Waals surface area (Å²) in [6.45, 7) is 1.33. The molecule has 0 spiro atoms. The maximum Gasteiger partial charge on any atom is 0.137 e. The lowest BCUT2D eigenvalue weighted by molar-refractivity contribution is 0.405. The zero-order valence-electron chi connectivity index (χ0n) is 15.9. The Hall–Kier alpha value is -2.90. The molecule has 4 N–H and O–H groups in total. The Labute approximate surface area is 169 Å². The van der Waals surface area contributed by atoms with E-state index in [2.05, 4.69) is 21.1 Å². The smallest absolute Gasteiger partial charge is 0.137 e. The van der Waals surface area contributed by atoms with Gasteiger partial charge in [-0.15, -0.1) is 0 Å². The van der Waals surface area contributed by atoms with E-state index in [4.69, 9.17) is 15.2 Å². The number of hydrogen-bond donors (Lipinski definition) is 3. The van der Waals surface area contributed by atoms with Crippen molar-refractivity contribution in [1.29, 1.82) is 0 Å². The number of ether oxygens (including phenoxy) is 2. The summed E-state index contributed by atoms with van der Waals surface area (Å²) in [5.74, 6) is 1.52. The van der Waals surface area contributed by atoms with Crippen molar-refractivity contribution in [1.82, 2.24) is 4.98 Å². The van der Waals surface area contributed by atoms with Crippen LogP contribution in [0.25, 0.3) is 11.1 Å². The van der Waals surface area contributed by atoms with E-state index < -0.39 is 0 Å². The van der Waals surface area contributed by atoms with Crippen molar-refractivity contribution >= 4 is 23.3 Å². The van der Waals surface area contributed by atoms with Crippen LogP contribution < -0.4 is 25.2 Å². The minimum absolute atomic E-state index is 0.593. The summed E-state index contributed by atoms with van der Waals surface area (Å²) in [6, 6.07) is 16.1. The molecule has 0 radical (unpaired) electrons. The van der Waals surface area contributed by atoms with Gasteiger partial charge in [-0.2, -0.15) is 0 Å². The fourth-order valence-corrected chi connectivity index (χ4v) is 3.44. The summed E-state index contributed by atoms with van der Waals surface area (Å²) in [5.41, 5.74) is 9.59. The molecule has 0 bridgehead atoms. The molecule has 28 heavy (non-hydrogen) atoms. The van der Waals surface area contributed by atoms with E-state index in [0.717, 1.165) is 45.4 Å². The topological polar surface area (TPSA) is 81.4 Å². The van der Waals surface area contributed by atoms with E-state index in [-0.39, 0.29) is 0 Å². The van der Waals surface area contributed by atoms with E-state index >= 15 is 0 Å². The highest BCUT2D eigenvalue weighted by molar-refractivity contribution is 8.00. The van der Waals surface area contributed by atoms with Crippen LogP contribution in [-0.4, -0.2) is 32.3 Å². The largest absolute Gasteiger partial charge is 0.496 e. The van der Waals surface area contributed by atoms with Crippen molar-refractivity contribution in [3.63, 3.8) is 0 Å². The molecule has 0 unspecified atom stereocenters. The van der Waals surface area contributed by atoms with Crippen LogP contribution in [0.4, 0.5) is 11.4 Å². The molecule has 0 saturated carbocycles. The van der Waals surface area contributed by atoms with Gasteiger partial charge in [-0.3, -0.25) is 4.98 Å². The Kier molecular flexibility index (Phi) is 7.00. The zero-order valence-corrected chi connectivity index (χ0v) is 16.8. The maximum absolute atomic E-state index is 5.55. The van der Waals surface area contributed by atoms with Gasteiger partial charge in [-0.25, -0.2) is 0 Å². The first-order valence-corrected chi connectivity index (χ1v) is 9.69. The van der Waals surface area contributed by atoms with Gasteiger partial charge in [0.2, 0.25) is 0 Å². The fourth-order valence-electron chi connectivity index (χ4n) is 2.65. The number of nitrogens with one attached hydrogen (secondary N) is 2. The molecule has 0 amide bonds. The number of nitrogens with two attached hydrogens (primary N) is 1. The van der Waals surface area contributed by atoms with Crippen molar-refractivity contribution in [2.24, 2.45) is 5.73 Å². The average molecular weight is 397 g/mol. The average Bonchev–Trinajstić information content (AvgIpc) is 2.76. The van der Waals surface area contributed by atoms with Gasteiger partial charge < -0.3 is 25.2 Å². The van der Waals surface area contributed by atoms with Gasteiger partial charge in [0, 0.05) is 36.2 Å². The molecule has 0 fully saturated rings. The third-order valence-electron chi connectivity index (χ3n) is 4.06. The Morgan fingerprint density at radius 2 is 1.82 bits per heavy atom. The molecule has 0 atom stereocenters. The SMILES string of the molecule is COc1cncc(-c2ccc(OC)c(SNc3cccc(NCCN)c3)c2)c1. The van der Waals surface area contributed by atoms with Crippen LogP contribution in [0.2, 0.25) is 0 Å². The van der Waals surface area contributed by atoms with Crippen LogP contribution >= 0.6 is 11.9 Å². The Morgan fingerprint density at radius 3 is 2.61 bits per heavy atom. The summed E-state index contributed by atoms with van der Waals surface area (Å²) >= 11 is 1.50. The predicted octanol–water partition coefficient (Wildman–Crippen LogP) is 4.26. The lowest BCUT2D eigenvalue weighted by Gasteiger charge is -2.13. The molecule has 0 saturated heterocycles. The molecule has 0 aliphatic rings. The van der Waals surface area contributed by atoms with E-state index in [1.165, 1.54) is 11.9 Å². The number of aromatic nitrogens is 1. The molecule has 1 heterocycles. The molecular formula is C21H24N4O2S. The second-order valence-electron chi connectivity index (χ2n) is 5.98. The number of anilines is 2. The molecule has 3 aromatic rings. The summed E-state index contributed by atoms with van der Waals surface area (Å²) < 4.78 is 14.2. The molecular weight excluding hydrogens is 372 g/mol. The second-order valence-corrected chi connectivity index (χ2v) is 6.83. The molecule has 146 valence electrons. The summed E-state index contributed by atoms with van der Waals surface area (Å²) in [7, 11) is 3.31. The van der Waals surface area contributed by atoms with Crippen molar-refractivity contribution in [2.75, 3.05) is 37.3 Å². The highest BCUT2D eigenvalue weighted by atomic mass is 32.2. The van der Waals surface area contributed by atoms with Crippen LogP contribution in [0, 0.1) is 0 Å². The number of pyridine rings is 1. The van der Waals surface area contributed by atoms with Crippen LogP contribution in [0.5, 0.6) is 11.5 Å². The molecule has 0 aliphatic carbocycles. The summed E-state index contributed by atoms with van der Waals surface area (Å²) in [5, 5.41) is 3.28. The first-order valence-electron chi connectivity index (χ1n) is 8.88. The first-order chi connectivity index (χ1) is 13.7. The third kappa shape index (κ3) is 5.09. The van der Waals surface area contributed by atoms with E-state index in [1.54, 1.807) is 20.4 Å². The Bertz CT molecular complexity index is 920. The quantitative estimate of drug-likeness (QED) is 0.466. The molecule has 2 aromatic carbocycles. The van der Waals surface area contributed by atoms with Gasteiger partial charge in [0.1, 0.15) is 11.5 Å². The van der Waals surface area contributed by atoms with Crippen molar-refractivity contribution in [3.8, 4) is 22.6 Å². The number of hydrogen-bond acceptors (Lipinski definition) is 7. The van der Waals surface area contributed by atoms with Gasteiger partial charge in [0.25, 0.3) is 0 Å². The highest BCUT2D eigenvalue weighted by Gasteiger charge is 2.09. The first kappa shape index (κ1) is 19.9. The van der Waals surface area contributed by atoms with Gasteiger partial charge in [-0.05, 0) is 53.9 Å². The minimum atomic E-state index is 0.593. The number of rotatable bonds is 9. The van der Waals surface area contributed by atoms with Crippen LogP contribution in [0.15, 0.2) is 65.8 Å². The standard InChI is InChI=1S/C21H24N4O2S/c1-26-19-10-16(13-23-14-19)15-6-7-20(27-2)21(11-15)28-25-18-5-3-4-17(12-18)24-9-8-22/h3-7,10-14,24-25H,8-9,22H2,1-2H3. The molecule has 1 aromatic heterocycles. The molecule has 3 rings (SSSR count). The Balaban J connectivity index is 1.79. The highest BCUT2D eigenvalue weighted by Crippen LogP contribution is 2.35.